The minimum Gasteiger partial charge on any atom is -0.326 e. The van der Waals surface area contributed by atoms with Gasteiger partial charge in [-0.2, -0.15) is 13.2 Å². The summed E-state index contributed by atoms with van der Waals surface area (Å²) in [6.45, 7) is 2.99. The molecule has 4 aromatic rings. The number of imidazole rings is 2. The van der Waals surface area contributed by atoms with E-state index < -0.39 is 12.6 Å². The maximum Gasteiger partial charge on any atom is 0.389 e. The van der Waals surface area contributed by atoms with Gasteiger partial charge in [0.1, 0.15) is 5.82 Å². The Morgan fingerprint density at radius 3 is 2.58 bits per heavy atom. The fourth-order valence-corrected chi connectivity index (χ4v) is 3.93. The van der Waals surface area contributed by atoms with Crippen LogP contribution in [-0.4, -0.2) is 29.8 Å². The molecule has 0 unspecified atom stereocenters. The van der Waals surface area contributed by atoms with Gasteiger partial charge < -0.3 is 10.3 Å². The number of benzene rings is 1. The number of alkyl halides is 3. The van der Waals surface area contributed by atoms with Crippen molar-refractivity contribution in [3.8, 4) is 0 Å². The number of rotatable bonds is 7. The summed E-state index contributed by atoms with van der Waals surface area (Å²) in [5, 5.41) is 0. The fraction of sp³-hybridized carbons (Fsp3) is 0.381. The molecule has 0 spiro atoms. The van der Waals surface area contributed by atoms with Crippen LogP contribution >= 0.6 is 0 Å². The highest BCUT2D eigenvalue weighted by Crippen LogP contribution is 2.25. The molecule has 0 bridgehead atoms. The second-order valence-electron chi connectivity index (χ2n) is 7.40. The van der Waals surface area contributed by atoms with Gasteiger partial charge >= 0.3 is 11.9 Å². The van der Waals surface area contributed by atoms with Crippen molar-refractivity contribution in [1.82, 2.24) is 23.7 Å². The smallest absolute Gasteiger partial charge is 0.326 e. The Kier molecular flexibility index (Phi) is 5.57. The minimum atomic E-state index is -4.22. The summed E-state index contributed by atoms with van der Waals surface area (Å²) in [5.41, 5.74) is 9.18. The van der Waals surface area contributed by atoms with Crippen LogP contribution in [0, 0.1) is 0 Å². The summed E-state index contributed by atoms with van der Waals surface area (Å²) in [6.07, 6.45) is -1.94. The largest absolute Gasteiger partial charge is 0.389 e. The Morgan fingerprint density at radius 1 is 1.06 bits per heavy atom. The summed E-state index contributed by atoms with van der Waals surface area (Å²) in [7, 11) is 0. The summed E-state index contributed by atoms with van der Waals surface area (Å²) in [4.78, 5) is 21.8. The van der Waals surface area contributed by atoms with E-state index in [1.54, 1.807) is 32.2 Å². The second-order valence-corrected chi connectivity index (χ2v) is 7.40. The van der Waals surface area contributed by atoms with Gasteiger partial charge in [-0.15, -0.1) is 0 Å². The molecule has 0 fully saturated rings. The molecule has 3 aromatic heterocycles. The van der Waals surface area contributed by atoms with Gasteiger partial charge in [0.25, 0.3) is 0 Å². The number of nitrogens with zero attached hydrogens (tertiary/aromatic N) is 5. The molecule has 0 aliphatic heterocycles. The molecule has 2 N–H and O–H groups in total. The number of hydrogen-bond donors (Lipinski definition) is 1. The van der Waals surface area contributed by atoms with Crippen molar-refractivity contribution in [3.63, 3.8) is 0 Å². The Labute approximate surface area is 175 Å². The molecule has 0 radical (unpaired) electrons. The number of halogens is 3. The fourth-order valence-electron chi connectivity index (χ4n) is 3.93. The quantitative estimate of drug-likeness (QED) is 0.485. The van der Waals surface area contributed by atoms with Gasteiger partial charge in [0.2, 0.25) is 0 Å². The SMILES string of the molecule is CCn1c(=O)n(Cc2nc3cc(CN)ccc3n2CCCC(F)(F)F)c2cnccc21. The molecule has 10 heteroatoms. The lowest BCUT2D eigenvalue weighted by molar-refractivity contribution is -0.135. The van der Waals surface area contributed by atoms with Gasteiger partial charge in [-0.1, -0.05) is 6.07 Å². The molecular weight excluding hydrogens is 409 g/mol. The van der Waals surface area contributed by atoms with E-state index >= 15 is 0 Å². The number of aromatic nitrogens is 5. The van der Waals surface area contributed by atoms with E-state index in [0.29, 0.717) is 29.9 Å². The summed E-state index contributed by atoms with van der Waals surface area (Å²) < 4.78 is 43.1. The molecule has 0 atom stereocenters. The van der Waals surface area contributed by atoms with E-state index in [1.807, 2.05) is 25.1 Å². The highest BCUT2D eigenvalue weighted by Gasteiger charge is 2.26. The van der Waals surface area contributed by atoms with E-state index in [-0.39, 0.29) is 25.2 Å². The van der Waals surface area contributed by atoms with Crippen molar-refractivity contribution in [2.45, 2.75) is 52.1 Å². The van der Waals surface area contributed by atoms with Gasteiger partial charge in [-0.05, 0) is 37.1 Å². The van der Waals surface area contributed by atoms with E-state index in [0.717, 1.165) is 16.6 Å². The Hall–Kier alpha value is -3.14. The zero-order chi connectivity index (χ0) is 22.2. The molecule has 0 amide bonds. The lowest BCUT2D eigenvalue weighted by Crippen LogP contribution is -2.25. The molecule has 164 valence electrons. The van der Waals surface area contributed by atoms with E-state index in [4.69, 9.17) is 5.73 Å². The highest BCUT2D eigenvalue weighted by atomic mass is 19.4. The van der Waals surface area contributed by atoms with Crippen molar-refractivity contribution in [3.05, 3.63) is 58.5 Å². The molecule has 0 saturated heterocycles. The van der Waals surface area contributed by atoms with Crippen LogP contribution in [0.1, 0.15) is 31.2 Å². The van der Waals surface area contributed by atoms with Crippen LogP contribution in [0.5, 0.6) is 0 Å². The molecule has 1 aromatic carbocycles. The molecule has 7 nitrogen and oxygen atoms in total. The summed E-state index contributed by atoms with van der Waals surface area (Å²) in [6, 6.07) is 7.27. The van der Waals surface area contributed by atoms with Crippen molar-refractivity contribution in [2.24, 2.45) is 5.73 Å². The van der Waals surface area contributed by atoms with Gasteiger partial charge in [0.15, 0.2) is 0 Å². The first-order valence-corrected chi connectivity index (χ1v) is 10.1. The monoisotopic (exact) mass is 432 g/mol. The predicted octanol–water partition coefficient (Wildman–Crippen LogP) is 3.42. The highest BCUT2D eigenvalue weighted by molar-refractivity contribution is 5.77. The van der Waals surface area contributed by atoms with Crippen LogP contribution < -0.4 is 11.4 Å². The van der Waals surface area contributed by atoms with Gasteiger partial charge in [0.05, 0.1) is 34.8 Å². The van der Waals surface area contributed by atoms with Crippen LogP contribution in [-0.2, 0) is 26.2 Å². The Morgan fingerprint density at radius 2 is 1.87 bits per heavy atom. The third kappa shape index (κ3) is 4.07. The van der Waals surface area contributed by atoms with Crippen molar-refractivity contribution in [2.75, 3.05) is 0 Å². The number of pyridine rings is 1. The van der Waals surface area contributed by atoms with Crippen LogP contribution in [0.25, 0.3) is 22.1 Å². The van der Waals surface area contributed by atoms with Crippen LogP contribution in [0.3, 0.4) is 0 Å². The second kappa shape index (κ2) is 8.18. The third-order valence-corrected chi connectivity index (χ3v) is 5.41. The standard InChI is InChI=1S/C21H23F3N6O/c1-2-28-17-6-8-26-12-18(17)30(20(28)31)13-19-27-15-10-14(11-25)4-5-16(15)29(19)9-3-7-21(22,23)24/h4-6,8,10,12H,2-3,7,9,11,13,25H2,1H3. The molecule has 0 saturated carbocycles. The first-order chi connectivity index (χ1) is 14.8. The molecular formula is C21H23F3N6O. The van der Waals surface area contributed by atoms with Gasteiger partial charge in [-0.25, -0.2) is 9.78 Å². The summed E-state index contributed by atoms with van der Waals surface area (Å²) >= 11 is 0. The number of hydrogen-bond acceptors (Lipinski definition) is 4. The number of fused-ring (bicyclic) bond motifs is 2. The van der Waals surface area contributed by atoms with Crippen LogP contribution in [0.2, 0.25) is 0 Å². The number of nitrogens with two attached hydrogens (primary N) is 1. The third-order valence-electron chi connectivity index (χ3n) is 5.41. The van der Waals surface area contributed by atoms with E-state index in [9.17, 15) is 18.0 Å². The molecule has 0 aliphatic carbocycles. The maximum absolute atomic E-state index is 13.0. The van der Waals surface area contributed by atoms with Crippen molar-refractivity contribution in [1.29, 1.82) is 0 Å². The zero-order valence-electron chi connectivity index (χ0n) is 17.1. The summed E-state index contributed by atoms with van der Waals surface area (Å²) in [5.74, 6) is 0.521. The van der Waals surface area contributed by atoms with E-state index in [2.05, 4.69) is 9.97 Å². The zero-order valence-corrected chi connectivity index (χ0v) is 17.1. The van der Waals surface area contributed by atoms with Crippen LogP contribution in [0.15, 0.2) is 41.5 Å². The molecule has 31 heavy (non-hydrogen) atoms. The van der Waals surface area contributed by atoms with E-state index in [1.165, 1.54) is 0 Å². The van der Waals surface area contributed by atoms with Gasteiger partial charge in [0, 0.05) is 32.3 Å². The number of aryl methyl sites for hydroxylation is 2. The van der Waals surface area contributed by atoms with Crippen LogP contribution in [0.4, 0.5) is 13.2 Å². The average molecular weight is 432 g/mol. The molecule has 4 rings (SSSR count). The van der Waals surface area contributed by atoms with Crippen molar-refractivity contribution < 1.29 is 13.2 Å². The molecule has 0 aliphatic rings. The first-order valence-electron chi connectivity index (χ1n) is 10.1. The van der Waals surface area contributed by atoms with Gasteiger partial charge in [-0.3, -0.25) is 14.1 Å². The topological polar surface area (TPSA) is 83.7 Å². The Balaban J connectivity index is 1.80. The van der Waals surface area contributed by atoms with Crippen molar-refractivity contribution >= 4 is 22.1 Å². The average Bonchev–Trinajstić information content (AvgIpc) is 3.21. The lowest BCUT2D eigenvalue weighted by Gasteiger charge is -2.11. The maximum atomic E-state index is 13.0. The first kappa shape index (κ1) is 21.1. The molecule has 3 heterocycles. The Bertz CT molecular complexity index is 1280. The lowest BCUT2D eigenvalue weighted by atomic mass is 10.2. The predicted molar refractivity (Wildman–Crippen MR) is 112 cm³/mol. The minimum absolute atomic E-state index is 0.0756. The normalized spacial score (nSPS) is 12.3.